The number of halogens is 6. The van der Waals surface area contributed by atoms with E-state index < -0.39 is 35.6 Å². The molecule has 0 saturated heterocycles. The molecule has 4 N–H and O–H groups in total. The number of pyridine rings is 2. The molecule has 0 aliphatic heterocycles. The van der Waals surface area contributed by atoms with Crippen molar-refractivity contribution in [3.05, 3.63) is 60.2 Å². The molecule has 2 aromatic heterocycles. The predicted molar refractivity (Wildman–Crippen MR) is 107 cm³/mol. The second kappa shape index (κ2) is 16.3. The number of aromatic nitrogens is 2. The van der Waals surface area contributed by atoms with Crippen molar-refractivity contribution in [1.82, 2.24) is 9.97 Å². The standard InChI is InChI=1S/2C9H8F3N3O.Cu.2H2O/c2*1-6(9(10,11)12)14-15-8(16)7-2-4-13-5-3-7;;;/h2*2-5H,1H3,(H,15,16);;2*1H2/q;;+2;;/p-2/b2*14-6+;;;. The molecule has 0 fully saturated rings. The van der Waals surface area contributed by atoms with Crippen LogP contribution in [0.5, 0.6) is 0 Å². The van der Waals surface area contributed by atoms with Gasteiger partial charge in [0.05, 0.1) is 0 Å². The van der Waals surface area contributed by atoms with E-state index in [9.17, 15) is 36.6 Å². The van der Waals surface area contributed by atoms with Crippen molar-refractivity contribution < 1.29 is 64.6 Å². The number of nitrogens with zero attached hydrogens (tertiary/aromatic N) is 6. The summed E-state index contributed by atoms with van der Waals surface area (Å²) in [6.07, 6.45) is -3.79. The molecular formula is C18H18CuF6N6O4. The van der Waals surface area contributed by atoms with Crippen molar-refractivity contribution in [3.8, 4) is 0 Å². The Balaban J connectivity index is -0.000000539. The molecule has 1 radical (unpaired) electrons. The van der Waals surface area contributed by atoms with Crippen LogP contribution in [0.15, 0.2) is 69.5 Å². The molecule has 0 unspecified atom stereocenters. The maximum absolute atomic E-state index is 12.0. The van der Waals surface area contributed by atoms with Gasteiger partial charge in [-0.15, -0.1) is 0 Å². The molecule has 197 valence electrons. The zero-order valence-electron chi connectivity index (χ0n) is 17.7. The predicted octanol–water partition coefficient (Wildman–Crippen LogP) is 0.601. The Morgan fingerprint density at radius 3 is 1.11 bits per heavy atom. The van der Waals surface area contributed by atoms with Gasteiger partial charge in [-0.1, -0.05) is 0 Å². The molecule has 0 aliphatic carbocycles. The first-order valence-corrected chi connectivity index (χ1v) is 8.36. The zero-order valence-corrected chi connectivity index (χ0v) is 18.6. The van der Waals surface area contributed by atoms with Crippen molar-refractivity contribution in [1.29, 1.82) is 0 Å². The molecule has 2 rings (SSSR count). The van der Waals surface area contributed by atoms with E-state index in [0.29, 0.717) is 0 Å². The van der Waals surface area contributed by atoms with E-state index in [1.54, 1.807) is 0 Å². The fourth-order valence-electron chi connectivity index (χ4n) is 1.46. The summed E-state index contributed by atoms with van der Waals surface area (Å²) >= 11 is 0. The molecule has 0 spiro atoms. The Hall–Kier alpha value is -3.40. The van der Waals surface area contributed by atoms with E-state index in [-0.39, 0.29) is 39.1 Å². The monoisotopic (exact) mass is 559 g/mol. The van der Waals surface area contributed by atoms with Crippen LogP contribution in [-0.2, 0) is 17.1 Å². The fourth-order valence-corrected chi connectivity index (χ4v) is 1.46. The number of hydrogen-bond acceptors (Lipinski definition) is 8. The molecule has 0 saturated carbocycles. The molecule has 0 aromatic carbocycles. The van der Waals surface area contributed by atoms with Crippen LogP contribution in [0.4, 0.5) is 26.3 Å². The second-order valence-corrected chi connectivity index (χ2v) is 5.65. The topological polar surface area (TPSA) is 184 Å². The Morgan fingerprint density at radius 2 is 0.886 bits per heavy atom. The molecular weight excluding hydrogens is 542 g/mol. The van der Waals surface area contributed by atoms with Crippen LogP contribution in [-0.4, -0.2) is 56.5 Å². The quantitative estimate of drug-likeness (QED) is 0.175. The normalized spacial score (nSPS) is 12.8. The van der Waals surface area contributed by atoms with Gasteiger partial charge in [0.15, 0.2) is 0 Å². The number of hydrogen-bond donors (Lipinski definition) is 0. The fraction of sp³-hybridized carbons (Fsp3) is 0.222. The van der Waals surface area contributed by atoms with Crippen LogP contribution < -0.4 is 10.2 Å². The third-order valence-electron chi connectivity index (χ3n) is 3.26. The molecule has 2 aromatic rings. The first-order valence-electron chi connectivity index (χ1n) is 8.36. The van der Waals surface area contributed by atoms with Gasteiger partial charge in [-0.2, -0.15) is 46.7 Å². The third-order valence-corrected chi connectivity index (χ3v) is 3.26. The third kappa shape index (κ3) is 13.8. The maximum Gasteiger partial charge on any atom is 2.00 e. The molecule has 17 heteroatoms. The Kier molecular flexibility index (Phi) is 16.8. The summed E-state index contributed by atoms with van der Waals surface area (Å²) < 4.78 is 71.9. The van der Waals surface area contributed by atoms with Gasteiger partial charge < -0.3 is 21.2 Å². The van der Waals surface area contributed by atoms with Crippen molar-refractivity contribution in [3.63, 3.8) is 0 Å². The van der Waals surface area contributed by atoms with E-state index in [1.807, 2.05) is 0 Å². The van der Waals surface area contributed by atoms with Crippen LogP contribution in [0, 0.1) is 0 Å². The zero-order chi connectivity index (χ0) is 24.4. The van der Waals surface area contributed by atoms with Crippen LogP contribution in [0.1, 0.15) is 25.0 Å². The smallest absolute Gasteiger partial charge is 0.857 e. The van der Waals surface area contributed by atoms with Crippen LogP contribution in [0.3, 0.4) is 0 Å². The summed E-state index contributed by atoms with van der Waals surface area (Å²) in [6, 6.07) is 5.35. The van der Waals surface area contributed by atoms with E-state index >= 15 is 0 Å². The van der Waals surface area contributed by atoms with Crippen LogP contribution in [0.25, 0.3) is 0 Å². The minimum Gasteiger partial charge on any atom is -0.857 e. The van der Waals surface area contributed by atoms with Crippen molar-refractivity contribution in [2.24, 2.45) is 20.4 Å². The first-order chi connectivity index (χ1) is 14.8. The average Bonchev–Trinajstić information content (AvgIpc) is 2.75. The largest absolute Gasteiger partial charge is 2.00 e. The minimum atomic E-state index is -4.57. The van der Waals surface area contributed by atoms with E-state index in [4.69, 9.17) is 0 Å². The SMILES string of the molecule is C/C(=N\N=C(/[O-])c1ccncc1)C(F)(F)F.C/C(=N\N=C(/[O-])c1ccncc1)C(F)(F)F.O.O.[Cu+2]. The summed E-state index contributed by atoms with van der Waals surface area (Å²) in [7, 11) is 0. The van der Waals surface area contributed by atoms with Crippen molar-refractivity contribution >= 4 is 23.2 Å². The molecule has 0 atom stereocenters. The van der Waals surface area contributed by atoms with Crippen molar-refractivity contribution in [2.75, 3.05) is 0 Å². The molecule has 35 heavy (non-hydrogen) atoms. The van der Waals surface area contributed by atoms with E-state index in [0.717, 1.165) is 13.8 Å². The van der Waals surface area contributed by atoms with Gasteiger partial charge in [0.1, 0.15) is 11.4 Å². The van der Waals surface area contributed by atoms with Gasteiger partial charge in [-0.3, -0.25) is 9.97 Å². The summed E-state index contributed by atoms with van der Waals surface area (Å²) in [6.45, 7) is 1.48. The van der Waals surface area contributed by atoms with Crippen LogP contribution in [0.2, 0.25) is 0 Å². The molecule has 0 amide bonds. The number of alkyl halides is 6. The van der Waals surface area contributed by atoms with Gasteiger partial charge in [-0.05, 0) is 49.2 Å². The summed E-state index contributed by atoms with van der Waals surface area (Å²) in [5.74, 6) is -1.68. The molecule has 0 aliphatic rings. The van der Waals surface area contributed by atoms with Crippen LogP contribution >= 0.6 is 0 Å². The van der Waals surface area contributed by atoms with Gasteiger partial charge in [0.25, 0.3) is 0 Å². The van der Waals surface area contributed by atoms with Gasteiger partial charge >= 0.3 is 29.4 Å². The first kappa shape index (κ1) is 36.2. The molecule has 0 bridgehead atoms. The van der Waals surface area contributed by atoms with Gasteiger partial charge in [-0.25, -0.2) is 0 Å². The number of rotatable bonds is 4. The summed E-state index contributed by atoms with van der Waals surface area (Å²) in [5.41, 5.74) is -2.08. The average molecular weight is 560 g/mol. The second-order valence-electron chi connectivity index (χ2n) is 5.65. The summed E-state index contributed by atoms with van der Waals surface area (Å²) in [4.78, 5) is 7.31. The minimum absolute atomic E-state index is 0. The van der Waals surface area contributed by atoms with E-state index in [1.165, 1.54) is 49.1 Å². The Bertz CT molecular complexity index is 919. The Labute approximate surface area is 205 Å². The molecule has 2 heterocycles. The Morgan fingerprint density at radius 1 is 0.629 bits per heavy atom. The van der Waals surface area contributed by atoms with Gasteiger partial charge in [0.2, 0.25) is 0 Å². The maximum atomic E-state index is 12.0. The van der Waals surface area contributed by atoms with E-state index in [2.05, 4.69) is 30.4 Å². The summed E-state index contributed by atoms with van der Waals surface area (Å²) in [5, 5.41) is 34.0. The van der Waals surface area contributed by atoms with Crippen molar-refractivity contribution in [2.45, 2.75) is 26.2 Å². The molecule has 10 nitrogen and oxygen atoms in total. The van der Waals surface area contributed by atoms with Gasteiger partial charge in [0, 0.05) is 36.6 Å².